The molecule has 0 fully saturated rings. The van der Waals surface area contributed by atoms with E-state index in [1.165, 1.54) is 31.2 Å². The smallest absolute Gasteiger partial charge is 0.302 e. The Balaban J connectivity index is 3.28. The zero-order valence-corrected chi connectivity index (χ0v) is 20.0. The van der Waals surface area contributed by atoms with E-state index in [4.69, 9.17) is 20.2 Å². The first-order chi connectivity index (χ1) is 15.8. The number of nitrogens with two attached hydrogens (primary N) is 1. The molecule has 0 unspecified atom stereocenters. The molecule has 0 amide bonds. The zero-order valence-electron chi connectivity index (χ0n) is 20.0. The van der Waals surface area contributed by atoms with Crippen LogP contribution < -0.4 is 5.84 Å². The van der Waals surface area contributed by atoms with Gasteiger partial charge in [-0.15, -0.1) is 0 Å². The van der Waals surface area contributed by atoms with Crippen molar-refractivity contribution in [2.24, 2.45) is 5.84 Å². The third kappa shape index (κ3) is 9.21. The molecule has 1 aromatic carbocycles. The summed E-state index contributed by atoms with van der Waals surface area (Å²) in [7, 11) is 4.63. The zero-order chi connectivity index (χ0) is 24.8. The summed E-state index contributed by atoms with van der Waals surface area (Å²) in [6.45, 7) is 7.34. The van der Waals surface area contributed by atoms with Gasteiger partial charge >= 0.3 is 5.97 Å². The summed E-state index contributed by atoms with van der Waals surface area (Å²) in [6, 6.07) is 7.72. The molecule has 0 aromatic heterocycles. The molecule has 0 aliphatic heterocycles. The Hall–Kier alpha value is -3.58. The number of hydrogen-bond acceptors (Lipinski definition) is 8. The first-order valence-corrected chi connectivity index (χ1v) is 10.3. The number of rotatable bonds is 13. The number of hydrogen-bond donors (Lipinski definition) is 1. The van der Waals surface area contributed by atoms with Crippen molar-refractivity contribution in [1.29, 1.82) is 0 Å². The van der Waals surface area contributed by atoms with Crippen molar-refractivity contribution in [3.63, 3.8) is 0 Å². The summed E-state index contributed by atoms with van der Waals surface area (Å²) < 4.78 is 10.1. The molecule has 1 rings (SSSR count). The Morgan fingerprint density at radius 3 is 2.39 bits per heavy atom. The molecule has 0 saturated carbocycles. The van der Waals surface area contributed by atoms with E-state index in [0.717, 1.165) is 11.1 Å². The number of nitrogens with zero attached hydrogens (tertiary/aromatic N) is 2. The first kappa shape index (κ1) is 27.5. The van der Waals surface area contributed by atoms with Crippen molar-refractivity contribution >= 4 is 17.6 Å². The summed E-state index contributed by atoms with van der Waals surface area (Å²) in [5.41, 5.74) is 3.51. The van der Waals surface area contributed by atoms with Crippen LogP contribution in [0.15, 0.2) is 72.3 Å². The van der Waals surface area contributed by atoms with Crippen molar-refractivity contribution in [2.45, 2.75) is 26.7 Å². The van der Waals surface area contributed by atoms with E-state index in [1.54, 1.807) is 19.2 Å². The molecule has 0 saturated heterocycles. The van der Waals surface area contributed by atoms with Gasteiger partial charge in [0.15, 0.2) is 0 Å². The number of benzene rings is 1. The van der Waals surface area contributed by atoms with Gasteiger partial charge in [0.05, 0.1) is 32.2 Å². The van der Waals surface area contributed by atoms with Crippen molar-refractivity contribution in [2.75, 3.05) is 27.9 Å². The molecule has 0 atom stereocenters. The van der Waals surface area contributed by atoms with Crippen LogP contribution in [-0.2, 0) is 30.3 Å². The van der Waals surface area contributed by atoms with E-state index in [1.807, 2.05) is 49.3 Å². The van der Waals surface area contributed by atoms with E-state index in [9.17, 15) is 9.59 Å². The predicted molar refractivity (Wildman–Crippen MR) is 128 cm³/mol. The molecule has 0 aliphatic rings. The molecule has 0 aliphatic carbocycles. The van der Waals surface area contributed by atoms with E-state index < -0.39 is 0 Å². The molecular formula is C25H33N3O5. The number of esters is 1. The Labute approximate surface area is 195 Å². The van der Waals surface area contributed by atoms with Gasteiger partial charge in [0.1, 0.15) is 17.4 Å². The van der Waals surface area contributed by atoms with Crippen LogP contribution in [0.25, 0.3) is 5.70 Å². The van der Waals surface area contributed by atoms with Gasteiger partial charge in [0.25, 0.3) is 0 Å². The monoisotopic (exact) mass is 455 g/mol. The van der Waals surface area contributed by atoms with Crippen molar-refractivity contribution in [1.82, 2.24) is 10.1 Å². The van der Waals surface area contributed by atoms with Crippen LogP contribution in [-0.4, -0.2) is 49.9 Å². The Morgan fingerprint density at radius 1 is 1.21 bits per heavy atom. The van der Waals surface area contributed by atoms with Gasteiger partial charge in [-0.2, -0.15) is 0 Å². The summed E-state index contributed by atoms with van der Waals surface area (Å²) in [5.74, 6) is 8.56. The van der Waals surface area contributed by atoms with Gasteiger partial charge in [-0.05, 0) is 30.2 Å². The molecule has 1 aromatic rings. The molecule has 0 radical (unpaired) electrons. The lowest BCUT2D eigenvalue weighted by Crippen LogP contribution is -2.28. The number of hydrazine groups is 1. The molecule has 0 bridgehead atoms. The highest BCUT2D eigenvalue weighted by Gasteiger charge is 2.13. The van der Waals surface area contributed by atoms with Crippen LogP contribution in [0.3, 0.4) is 0 Å². The molecular weight excluding hydrogens is 422 g/mol. The largest absolute Gasteiger partial charge is 0.497 e. The molecule has 178 valence electrons. The lowest BCUT2D eigenvalue weighted by atomic mass is 10.1. The molecule has 0 heterocycles. The normalized spacial score (nSPS) is 11.7. The van der Waals surface area contributed by atoms with Crippen LogP contribution in [0.2, 0.25) is 0 Å². The van der Waals surface area contributed by atoms with Crippen LogP contribution in [0.4, 0.5) is 0 Å². The lowest BCUT2D eigenvalue weighted by molar-refractivity contribution is -0.140. The van der Waals surface area contributed by atoms with E-state index in [0.29, 0.717) is 35.9 Å². The van der Waals surface area contributed by atoms with Crippen LogP contribution >= 0.6 is 0 Å². The van der Waals surface area contributed by atoms with E-state index in [2.05, 4.69) is 6.58 Å². The molecule has 8 heteroatoms. The second-order valence-electron chi connectivity index (χ2n) is 6.90. The van der Waals surface area contributed by atoms with Crippen LogP contribution in [0.1, 0.15) is 31.4 Å². The van der Waals surface area contributed by atoms with Crippen molar-refractivity contribution in [3.8, 4) is 0 Å². The van der Waals surface area contributed by atoms with E-state index in [-0.39, 0.29) is 12.4 Å². The van der Waals surface area contributed by atoms with Gasteiger partial charge in [0, 0.05) is 26.8 Å². The van der Waals surface area contributed by atoms with Crippen LogP contribution in [0, 0.1) is 0 Å². The van der Waals surface area contributed by atoms with Gasteiger partial charge in [-0.1, -0.05) is 43.0 Å². The van der Waals surface area contributed by atoms with Gasteiger partial charge in [-0.25, -0.2) is 10.6 Å². The molecule has 8 nitrogen and oxygen atoms in total. The molecule has 33 heavy (non-hydrogen) atoms. The van der Waals surface area contributed by atoms with Gasteiger partial charge < -0.3 is 9.47 Å². The second kappa shape index (κ2) is 14.5. The lowest BCUT2D eigenvalue weighted by Gasteiger charge is -2.24. The number of allylic oxidation sites excluding steroid dienone is 4. The maximum atomic E-state index is 11.4. The summed E-state index contributed by atoms with van der Waals surface area (Å²) in [4.78, 5) is 27.4. The highest BCUT2D eigenvalue weighted by molar-refractivity contribution is 5.67. The minimum Gasteiger partial charge on any atom is -0.497 e. The predicted octanol–water partition coefficient (Wildman–Crippen LogP) is 3.53. The fourth-order valence-corrected chi connectivity index (χ4v) is 2.75. The fraction of sp³-hybridized carbons (Fsp3) is 0.320. The Bertz CT molecular complexity index is 941. The number of carbonyl (C=O) groups excluding carboxylic acids is 2. The summed E-state index contributed by atoms with van der Waals surface area (Å²) >= 11 is 0. The highest BCUT2D eigenvalue weighted by atomic mass is 16.7. The van der Waals surface area contributed by atoms with Gasteiger partial charge in [0.2, 0.25) is 0 Å². The highest BCUT2D eigenvalue weighted by Crippen LogP contribution is 2.24. The summed E-state index contributed by atoms with van der Waals surface area (Å²) in [5, 5.41) is 2.86. The Morgan fingerprint density at radius 2 is 1.88 bits per heavy atom. The van der Waals surface area contributed by atoms with Crippen LogP contribution in [0.5, 0.6) is 0 Å². The van der Waals surface area contributed by atoms with Crippen molar-refractivity contribution < 1.29 is 23.9 Å². The number of carbonyl (C=O) groups is 1. The third-order valence-electron chi connectivity index (χ3n) is 4.74. The number of ether oxygens (including phenoxy) is 2. The number of hydroxylamine groups is 2. The quantitative estimate of drug-likeness (QED) is 0.121. The SMILES string of the molecule is C=C(/C=C\C(=C/C)N(N)/C(=C\CC(=C=O)N(C)OC)c1ccc(CCOC(C)=O)cc1)OC. The second-order valence-corrected chi connectivity index (χ2v) is 6.90. The Kier molecular flexibility index (Phi) is 12.0. The van der Waals surface area contributed by atoms with Crippen molar-refractivity contribution in [3.05, 3.63) is 83.4 Å². The average Bonchev–Trinajstić information content (AvgIpc) is 2.82. The summed E-state index contributed by atoms with van der Waals surface area (Å²) in [6.07, 6.45) is 8.01. The van der Waals surface area contributed by atoms with Gasteiger partial charge in [-0.3, -0.25) is 19.7 Å². The molecule has 2 N–H and O–H groups in total. The fourth-order valence-electron chi connectivity index (χ4n) is 2.75. The maximum Gasteiger partial charge on any atom is 0.302 e. The van der Waals surface area contributed by atoms with E-state index >= 15 is 0 Å². The number of methoxy groups -OCH3 is 1. The average molecular weight is 456 g/mol. The third-order valence-corrected chi connectivity index (χ3v) is 4.74. The topological polar surface area (TPSA) is 94.3 Å². The maximum absolute atomic E-state index is 11.4. The first-order valence-electron chi connectivity index (χ1n) is 10.3. The minimum atomic E-state index is -0.307. The minimum absolute atomic E-state index is 0.247. The molecule has 0 spiro atoms. The standard InChI is InChI=1S/C25H33N3O5/c1-7-23(13-8-19(2)31-5)28(26)25(15-14-24(18-29)27(4)32-6)22-11-9-21(10-12-22)16-17-33-20(3)30/h7-13,15H,2,14,16-17,26H2,1,3-6H3/b13-8-,23-7+,25-15-.